The van der Waals surface area contributed by atoms with Gasteiger partial charge < -0.3 is 10.6 Å². The van der Waals surface area contributed by atoms with Gasteiger partial charge in [0.1, 0.15) is 6.61 Å². The van der Waals surface area contributed by atoms with Gasteiger partial charge in [0.25, 0.3) is 0 Å². The van der Waals surface area contributed by atoms with Crippen molar-refractivity contribution in [2.75, 3.05) is 0 Å². The minimum atomic E-state index is 0.469. The first kappa shape index (κ1) is 10.6. The molecule has 3 nitrogen and oxygen atoms in total. The summed E-state index contributed by atoms with van der Waals surface area (Å²) in [5.41, 5.74) is 8.94. The fourth-order valence-corrected chi connectivity index (χ4v) is 1.31. The molecular weight excluding hydrogens is 176 g/mol. The molecule has 0 saturated carbocycles. The largest absolute Gasteiger partial charge is 0.389 e. The molecule has 0 amide bonds. The number of hydrogen-bond donors (Lipinski definition) is 1. The van der Waals surface area contributed by atoms with Gasteiger partial charge in [-0.3, -0.25) is 0 Å². The van der Waals surface area contributed by atoms with E-state index in [0.29, 0.717) is 12.4 Å². The molecule has 0 fully saturated rings. The van der Waals surface area contributed by atoms with E-state index in [1.807, 2.05) is 32.9 Å². The van der Waals surface area contributed by atoms with Gasteiger partial charge in [-0.05, 0) is 6.92 Å². The van der Waals surface area contributed by atoms with Crippen molar-refractivity contribution in [1.29, 1.82) is 0 Å². The second-order valence-corrected chi connectivity index (χ2v) is 2.91. The van der Waals surface area contributed by atoms with Gasteiger partial charge in [-0.25, -0.2) is 0 Å². The smallest absolute Gasteiger partial charge is 0.170 e. The van der Waals surface area contributed by atoms with Crippen LogP contribution in [-0.2, 0) is 11.4 Å². The van der Waals surface area contributed by atoms with Gasteiger partial charge in [0.05, 0.1) is 0 Å². The molecule has 76 valence electrons. The van der Waals surface area contributed by atoms with Crippen molar-refractivity contribution in [2.24, 2.45) is 10.9 Å². The molecule has 1 aromatic rings. The summed E-state index contributed by atoms with van der Waals surface area (Å²) in [7, 11) is 0. The highest BCUT2D eigenvalue weighted by molar-refractivity contribution is 5.98. The molecule has 0 atom stereocenters. The lowest BCUT2D eigenvalue weighted by atomic mass is 10.0. The first-order valence-corrected chi connectivity index (χ1v) is 4.83. The van der Waals surface area contributed by atoms with Crippen LogP contribution < -0.4 is 5.73 Å². The third-order valence-electron chi connectivity index (χ3n) is 1.92. The zero-order valence-corrected chi connectivity index (χ0v) is 8.87. The van der Waals surface area contributed by atoms with E-state index >= 15 is 0 Å². The van der Waals surface area contributed by atoms with Crippen LogP contribution in [0.25, 0.3) is 0 Å². The van der Waals surface area contributed by atoms with Crippen LogP contribution in [0.5, 0.6) is 0 Å². The molecule has 0 aliphatic carbocycles. The molecule has 14 heavy (non-hydrogen) atoms. The minimum absolute atomic E-state index is 0.469. The highest BCUT2D eigenvalue weighted by atomic mass is 16.6. The van der Waals surface area contributed by atoms with Gasteiger partial charge in [0, 0.05) is 11.1 Å². The fraction of sp³-hybridized carbons (Fsp3) is 0.364. The molecule has 0 bridgehead atoms. The topological polar surface area (TPSA) is 47.6 Å². The SMILES string of the molecule is CC.Cc1ccc2c(c1)CON=C2N. The molecule has 0 radical (unpaired) electrons. The molecule has 0 saturated heterocycles. The number of aryl methyl sites for hydroxylation is 1. The summed E-state index contributed by atoms with van der Waals surface area (Å²) < 4.78 is 0. The molecule has 0 unspecified atom stereocenters. The van der Waals surface area contributed by atoms with E-state index in [2.05, 4.69) is 11.2 Å². The third-order valence-corrected chi connectivity index (χ3v) is 1.92. The maximum Gasteiger partial charge on any atom is 0.170 e. The zero-order valence-electron chi connectivity index (χ0n) is 8.87. The highest BCUT2D eigenvalue weighted by Crippen LogP contribution is 2.16. The summed E-state index contributed by atoms with van der Waals surface area (Å²) in [6.45, 7) is 6.57. The van der Waals surface area contributed by atoms with Crippen molar-refractivity contribution in [2.45, 2.75) is 27.4 Å². The Morgan fingerprint density at radius 3 is 2.79 bits per heavy atom. The van der Waals surface area contributed by atoms with Crippen LogP contribution in [0.2, 0.25) is 0 Å². The molecule has 2 rings (SSSR count). The van der Waals surface area contributed by atoms with Crippen molar-refractivity contribution in [1.82, 2.24) is 0 Å². The normalized spacial score (nSPS) is 12.9. The summed E-state index contributed by atoms with van der Waals surface area (Å²) in [6, 6.07) is 6.06. The Bertz CT molecular complexity index is 345. The van der Waals surface area contributed by atoms with Gasteiger partial charge in [-0.15, -0.1) is 0 Å². The van der Waals surface area contributed by atoms with E-state index in [-0.39, 0.29) is 0 Å². The number of benzene rings is 1. The number of rotatable bonds is 0. The van der Waals surface area contributed by atoms with Crippen LogP contribution in [-0.4, -0.2) is 5.84 Å². The van der Waals surface area contributed by atoms with Gasteiger partial charge in [0.15, 0.2) is 5.84 Å². The van der Waals surface area contributed by atoms with E-state index in [9.17, 15) is 0 Å². The summed E-state index contributed by atoms with van der Waals surface area (Å²) in [5, 5.41) is 3.70. The Balaban J connectivity index is 0.000000461. The monoisotopic (exact) mass is 192 g/mol. The molecule has 1 aromatic carbocycles. The maximum absolute atomic E-state index is 5.62. The third kappa shape index (κ3) is 2.05. The van der Waals surface area contributed by atoms with Gasteiger partial charge >= 0.3 is 0 Å². The van der Waals surface area contributed by atoms with Crippen molar-refractivity contribution in [3.8, 4) is 0 Å². The number of fused-ring (bicyclic) bond motifs is 1. The lowest BCUT2D eigenvalue weighted by Gasteiger charge is -2.13. The van der Waals surface area contributed by atoms with Crippen molar-refractivity contribution >= 4 is 5.84 Å². The maximum atomic E-state index is 5.62. The molecule has 3 heteroatoms. The molecule has 0 aromatic heterocycles. The predicted molar refractivity (Wildman–Crippen MR) is 58.0 cm³/mol. The summed E-state index contributed by atoms with van der Waals surface area (Å²) in [4.78, 5) is 4.93. The highest BCUT2D eigenvalue weighted by Gasteiger charge is 2.11. The number of oxime groups is 1. The second-order valence-electron chi connectivity index (χ2n) is 2.91. The standard InChI is InChI=1S/C9H10N2O.C2H6/c1-6-2-3-8-7(4-6)5-12-11-9(8)10;1-2/h2-4H,5H2,1H3,(H2,10,11);1-2H3. The van der Waals surface area contributed by atoms with Crippen LogP contribution in [0.15, 0.2) is 23.4 Å². The number of amidine groups is 1. The van der Waals surface area contributed by atoms with Crippen LogP contribution in [0.4, 0.5) is 0 Å². The van der Waals surface area contributed by atoms with E-state index in [1.54, 1.807) is 0 Å². The average molecular weight is 192 g/mol. The minimum Gasteiger partial charge on any atom is -0.389 e. The van der Waals surface area contributed by atoms with Gasteiger partial charge in [0.2, 0.25) is 0 Å². The molecule has 1 aliphatic heterocycles. The number of hydrogen-bond acceptors (Lipinski definition) is 3. The Labute approximate surface area is 84.6 Å². The summed E-state index contributed by atoms with van der Waals surface area (Å²) >= 11 is 0. The molecule has 1 heterocycles. The molecule has 1 aliphatic rings. The van der Waals surface area contributed by atoms with Gasteiger partial charge in [-0.2, -0.15) is 0 Å². The lowest BCUT2D eigenvalue weighted by molar-refractivity contribution is 0.125. The molecular formula is C11H16N2O. The van der Waals surface area contributed by atoms with Crippen LogP contribution in [0.1, 0.15) is 30.5 Å². The van der Waals surface area contributed by atoms with Crippen molar-refractivity contribution in [3.63, 3.8) is 0 Å². The Kier molecular flexibility index (Phi) is 3.51. The zero-order chi connectivity index (χ0) is 10.6. The van der Waals surface area contributed by atoms with Crippen LogP contribution >= 0.6 is 0 Å². The summed E-state index contributed by atoms with van der Waals surface area (Å²) in [5.74, 6) is 0.469. The number of nitrogens with zero attached hydrogens (tertiary/aromatic N) is 1. The number of nitrogens with two attached hydrogens (primary N) is 1. The fourth-order valence-electron chi connectivity index (χ4n) is 1.31. The summed E-state index contributed by atoms with van der Waals surface area (Å²) in [6.07, 6.45) is 0. The van der Waals surface area contributed by atoms with E-state index < -0.39 is 0 Å². The van der Waals surface area contributed by atoms with Gasteiger partial charge in [-0.1, -0.05) is 42.8 Å². The molecule has 0 spiro atoms. The van der Waals surface area contributed by atoms with E-state index in [1.165, 1.54) is 5.56 Å². The first-order chi connectivity index (χ1) is 6.77. The van der Waals surface area contributed by atoms with Crippen molar-refractivity contribution < 1.29 is 4.84 Å². The first-order valence-electron chi connectivity index (χ1n) is 4.83. The van der Waals surface area contributed by atoms with Crippen LogP contribution in [0.3, 0.4) is 0 Å². The van der Waals surface area contributed by atoms with E-state index in [4.69, 9.17) is 10.6 Å². The predicted octanol–water partition coefficient (Wildman–Crippen LogP) is 2.17. The Morgan fingerprint density at radius 2 is 2.07 bits per heavy atom. The quantitative estimate of drug-likeness (QED) is 0.684. The molecule has 2 N–H and O–H groups in total. The van der Waals surface area contributed by atoms with E-state index in [0.717, 1.165) is 11.1 Å². The Morgan fingerprint density at radius 1 is 1.36 bits per heavy atom. The average Bonchev–Trinajstić information content (AvgIpc) is 2.21. The van der Waals surface area contributed by atoms with Crippen LogP contribution in [0, 0.1) is 6.92 Å². The second kappa shape index (κ2) is 4.65. The Hall–Kier alpha value is -1.51. The van der Waals surface area contributed by atoms with Crippen molar-refractivity contribution in [3.05, 3.63) is 34.9 Å². The lowest BCUT2D eigenvalue weighted by Crippen LogP contribution is -2.19.